The lowest BCUT2D eigenvalue weighted by atomic mass is 9.93. The average Bonchev–Trinajstić information content (AvgIpc) is 2.61. The molecule has 1 aliphatic heterocycles. The molecule has 0 radical (unpaired) electrons. The molecule has 1 fully saturated rings. The molecule has 1 unspecified atom stereocenters. The summed E-state index contributed by atoms with van der Waals surface area (Å²) in [6.07, 6.45) is 7.28. The quantitative estimate of drug-likeness (QED) is 0.801. The van der Waals surface area contributed by atoms with Gasteiger partial charge in [-0.1, -0.05) is 26.0 Å². The maximum atomic E-state index is 12.6. The summed E-state index contributed by atoms with van der Waals surface area (Å²) in [6.45, 7) is 9.54. The lowest BCUT2D eigenvalue weighted by Gasteiger charge is -2.37. The van der Waals surface area contributed by atoms with Crippen LogP contribution < -0.4 is 4.90 Å². The summed E-state index contributed by atoms with van der Waals surface area (Å²) in [5.41, 5.74) is 1.01. The Morgan fingerprint density at radius 1 is 1.17 bits per heavy atom. The normalized spacial score (nSPS) is 21.4. The van der Waals surface area contributed by atoms with E-state index in [2.05, 4.69) is 41.9 Å². The minimum Gasteiger partial charge on any atom is -0.353 e. The summed E-state index contributed by atoms with van der Waals surface area (Å²) in [6, 6.07) is 2.05. The predicted molar refractivity (Wildman–Crippen MR) is 96.1 cm³/mol. The van der Waals surface area contributed by atoms with Gasteiger partial charge in [0.2, 0.25) is 5.91 Å². The summed E-state index contributed by atoms with van der Waals surface area (Å²) >= 11 is 0. The topological polar surface area (TPSA) is 49.3 Å². The van der Waals surface area contributed by atoms with E-state index in [1.807, 2.05) is 11.8 Å². The van der Waals surface area contributed by atoms with Crippen LogP contribution in [0.2, 0.25) is 0 Å². The van der Waals surface area contributed by atoms with E-state index in [9.17, 15) is 4.79 Å². The zero-order valence-electron chi connectivity index (χ0n) is 15.0. The molecule has 1 aromatic rings. The molecule has 2 aliphatic rings. The molecule has 0 aromatic carbocycles. The molecule has 0 bridgehead atoms. The molecule has 1 saturated heterocycles. The van der Waals surface area contributed by atoms with Crippen molar-refractivity contribution in [3.05, 3.63) is 29.7 Å². The second kappa shape index (κ2) is 7.32. The third kappa shape index (κ3) is 3.77. The van der Waals surface area contributed by atoms with Crippen molar-refractivity contribution < 1.29 is 4.79 Å². The van der Waals surface area contributed by atoms with Crippen LogP contribution in [0.15, 0.2) is 18.2 Å². The van der Waals surface area contributed by atoms with Gasteiger partial charge in [0.05, 0.1) is 0 Å². The molecule has 0 saturated carbocycles. The van der Waals surface area contributed by atoms with Gasteiger partial charge in [0.1, 0.15) is 11.6 Å². The number of aryl methyl sites for hydroxylation is 1. The summed E-state index contributed by atoms with van der Waals surface area (Å²) in [4.78, 5) is 26.2. The van der Waals surface area contributed by atoms with Crippen LogP contribution in [0, 0.1) is 12.8 Å². The molecule has 0 N–H and O–H groups in total. The minimum absolute atomic E-state index is 0.190. The Labute approximate surface area is 144 Å². The number of aromatic nitrogens is 2. The monoisotopic (exact) mass is 328 g/mol. The molecule has 5 nitrogen and oxygen atoms in total. The number of carbonyl (C=O) groups excluding carboxylic acids is 1. The lowest BCUT2D eigenvalue weighted by Crippen LogP contribution is -2.50. The van der Waals surface area contributed by atoms with Crippen molar-refractivity contribution in [2.45, 2.75) is 46.0 Å². The van der Waals surface area contributed by atoms with Crippen LogP contribution in [-0.2, 0) is 4.79 Å². The zero-order chi connectivity index (χ0) is 17.1. The van der Waals surface area contributed by atoms with Gasteiger partial charge in [0, 0.05) is 49.8 Å². The van der Waals surface area contributed by atoms with Crippen molar-refractivity contribution in [3.63, 3.8) is 0 Å². The highest BCUT2D eigenvalue weighted by Gasteiger charge is 2.28. The van der Waals surface area contributed by atoms with Crippen molar-refractivity contribution in [3.8, 4) is 0 Å². The van der Waals surface area contributed by atoms with Crippen LogP contribution >= 0.6 is 0 Å². The van der Waals surface area contributed by atoms with Crippen molar-refractivity contribution in [1.82, 2.24) is 14.9 Å². The highest BCUT2D eigenvalue weighted by Crippen LogP contribution is 2.23. The third-order valence-corrected chi connectivity index (χ3v) is 4.91. The maximum absolute atomic E-state index is 12.6. The summed E-state index contributed by atoms with van der Waals surface area (Å²) in [7, 11) is 0. The van der Waals surface area contributed by atoms with Crippen LogP contribution in [0.25, 0.3) is 0 Å². The largest absolute Gasteiger partial charge is 0.353 e. The number of carbonyl (C=O) groups is 1. The van der Waals surface area contributed by atoms with Gasteiger partial charge in [-0.15, -0.1) is 0 Å². The molecule has 5 heteroatoms. The Bertz CT molecular complexity index is 618. The van der Waals surface area contributed by atoms with Crippen molar-refractivity contribution in [1.29, 1.82) is 0 Å². The molecule has 24 heavy (non-hydrogen) atoms. The Kier molecular flexibility index (Phi) is 5.17. The van der Waals surface area contributed by atoms with Gasteiger partial charge in [0.15, 0.2) is 0 Å². The molecular weight excluding hydrogens is 300 g/mol. The highest BCUT2D eigenvalue weighted by molar-refractivity contribution is 5.79. The molecule has 0 spiro atoms. The van der Waals surface area contributed by atoms with Crippen molar-refractivity contribution >= 4 is 11.7 Å². The molecule has 1 aromatic heterocycles. The van der Waals surface area contributed by atoms with Gasteiger partial charge in [-0.3, -0.25) is 4.79 Å². The number of rotatable bonds is 3. The smallest absolute Gasteiger partial charge is 0.226 e. The van der Waals surface area contributed by atoms with Crippen LogP contribution in [-0.4, -0.2) is 47.0 Å². The zero-order valence-corrected chi connectivity index (χ0v) is 15.0. The first-order chi connectivity index (χ1) is 11.5. The SMILES string of the molecule is Cc1cc(N2CCN(C(=O)C3CC=CCC3)CC2)nc(C(C)C)n1. The summed E-state index contributed by atoms with van der Waals surface area (Å²) in [5.74, 6) is 2.75. The first-order valence-electron chi connectivity index (χ1n) is 9.09. The Morgan fingerprint density at radius 2 is 1.92 bits per heavy atom. The number of nitrogens with zero attached hydrogens (tertiary/aromatic N) is 4. The van der Waals surface area contributed by atoms with E-state index in [0.29, 0.717) is 11.8 Å². The van der Waals surface area contributed by atoms with E-state index in [1.165, 1.54) is 0 Å². The first-order valence-corrected chi connectivity index (χ1v) is 9.09. The van der Waals surface area contributed by atoms with Crippen LogP contribution in [0.4, 0.5) is 5.82 Å². The van der Waals surface area contributed by atoms with Crippen LogP contribution in [0.3, 0.4) is 0 Å². The highest BCUT2D eigenvalue weighted by atomic mass is 16.2. The minimum atomic E-state index is 0.190. The number of hydrogen-bond acceptors (Lipinski definition) is 4. The molecule has 130 valence electrons. The average molecular weight is 328 g/mol. The van der Waals surface area contributed by atoms with Crippen molar-refractivity contribution in [2.75, 3.05) is 31.1 Å². The number of hydrogen-bond donors (Lipinski definition) is 0. The van der Waals surface area contributed by atoms with E-state index in [-0.39, 0.29) is 5.92 Å². The Balaban J connectivity index is 1.62. The summed E-state index contributed by atoms with van der Waals surface area (Å²) < 4.78 is 0. The number of amides is 1. The number of piperazine rings is 1. The standard InChI is InChI=1S/C19H28N4O/c1-14(2)18-20-15(3)13-17(21-18)22-9-11-23(12-10-22)19(24)16-7-5-4-6-8-16/h4-5,13-14,16H,6-12H2,1-3H3. The fraction of sp³-hybridized carbons (Fsp3) is 0.632. The maximum Gasteiger partial charge on any atom is 0.226 e. The van der Waals surface area contributed by atoms with E-state index < -0.39 is 0 Å². The van der Waals surface area contributed by atoms with Gasteiger partial charge in [-0.2, -0.15) is 0 Å². The van der Waals surface area contributed by atoms with Gasteiger partial charge >= 0.3 is 0 Å². The second-order valence-electron chi connectivity index (χ2n) is 7.17. The number of anilines is 1. The third-order valence-electron chi connectivity index (χ3n) is 4.91. The van der Waals surface area contributed by atoms with E-state index in [4.69, 9.17) is 4.98 Å². The molecular formula is C19H28N4O. The summed E-state index contributed by atoms with van der Waals surface area (Å²) in [5, 5.41) is 0. The Morgan fingerprint density at radius 3 is 2.54 bits per heavy atom. The molecule has 3 rings (SSSR count). The molecule has 2 heterocycles. The lowest BCUT2D eigenvalue weighted by molar-refractivity contribution is -0.136. The van der Waals surface area contributed by atoms with Gasteiger partial charge in [-0.25, -0.2) is 9.97 Å². The second-order valence-corrected chi connectivity index (χ2v) is 7.17. The fourth-order valence-corrected chi connectivity index (χ4v) is 3.43. The van der Waals surface area contributed by atoms with Crippen LogP contribution in [0.1, 0.15) is 50.5 Å². The fourth-order valence-electron chi connectivity index (χ4n) is 3.43. The Hall–Kier alpha value is -1.91. The van der Waals surface area contributed by atoms with E-state index in [0.717, 1.165) is 62.8 Å². The van der Waals surface area contributed by atoms with Crippen molar-refractivity contribution in [2.24, 2.45) is 5.92 Å². The van der Waals surface area contributed by atoms with E-state index >= 15 is 0 Å². The number of allylic oxidation sites excluding steroid dienone is 2. The predicted octanol–water partition coefficient (Wildman–Crippen LogP) is 2.91. The molecule has 1 aliphatic carbocycles. The molecule has 1 atom stereocenters. The van der Waals surface area contributed by atoms with Gasteiger partial charge < -0.3 is 9.80 Å². The van der Waals surface area contributed by atoms with Gasteiger partial charge in [-0.05, 0) is 26.2 Å². The van der Waals surface area contributed by atoms with Crippen LogP contribution in [0.5, 0.6) is 0 Å². The van der Waals surface area contributed by atoms with Gasteiger partial charge in [0.25, 0.3) is 0 Å². The molecule has 1 amide bonds. The first kappa shape index (κ1) is 16.9. The van der Waals surface area contributed by atoms with E-state index in [1.54, 1.807) is 0 Å².